The van der Waals surface area contributed by atoms with Crippen molar-refractivity contribution in [1.82, 2.24) is 4.90 Å². The number of hydrogen-bond donors (Lipinski definition) is 0. The fourth-order valence-corrected chi connectivity index (χ4v) is 3.72. The Hall–Kier alpha value is -1.68. The van der Waals surface area contributed by atoms with Crippen LogP contribution >= 0.6 is 0 Å². The number of likely N-dealkylation sites (tertiary alicyclic amines) is 1. The van der Waals surface area contributed by atoms with Crippen LogP contribution in [0.5, 0.6) is 0 Å². The predicted octanol–water partition coefficient (Wildman–Crippen LogP) is 3.75. The second-order valence-corrected chi connectivity index (χ2v) is 8.87. The summed E-state index contributed by atoms with van der Waals surface area (Å²) in [5.74, 6) is -2.61. The van der Waals surface area contributed by atoms with E-state index in [4.69, 9.17) is 9.31 Å². The van der Waals surface area contributed by atoms with Crippen molar-refractivity contribution in [3.05, 3.63) is 29.3 Å². The Kier molecular flexibility index (Phi) is 5.97. The van der Waals surface area contributed by atoms with Gasteiger partial charge in [0.1, 0.15) is 17.7 Å². The van der Waals surface area contributed by atoms with E-state index in [-0.39, 0.29) is 24.0 Å². The van der Waals surface area contributed by atoms with Gasteiger partial charge in [0.25, 0.3) is 0 Å². The van der Waals surface area contributed by atoms with Crippen molar-refractivity contribution in [3.8, 4) is 0 Å². The number of alkyl halides is 3. The predicted molar refractivity (Wildman–Crippen MR) is 101 cm³/mol. The lowest BCUT2D eigenvalue weighted by Gasteiger charge is -2.36. The average molecular weight is 433 g/mol. The molecule has 166 valence electrons. The average Bonchev–Trinajstić information content (AvgIpc) is 2.84. The highest BCUT2D eigenvalue weighted by Crippen LogP contribution is 2.37. The van der Waals surface area contributed by atoms with Gasteiger partial charge in [-0.25, -0.2) is 8.78 Å². The molecule has 1 amide bonds. The molecule has 2 saturated heterocycles. The van der Waals surface area contributed by atoms with Gasteiger partial charge in [0.2, 0.25) is 5.91 Å². The highest BCUT2D eigenvalue weighted by molar-refractivity contribution is 6.62. The minimum absolute atomic E-state index is 0.0564. The minimum Gasteiger partial charge on any atom is -0.399 e. The highest BCUT2D eigenvalue weighted by Gasteiger charge is 2.52. The zero-order valence-electron chi connectivity index (χ0n) is 17.4. The van der Waals surface area contributed by atoms with Crippen molar-refractivity contribution >= 4 is 18.5 Å². The molecule has 30 heavy (non-hydrogen) atoms. The quantitative estimate of drug-likeness (QED) is 0.539. The van der Waals surface area contributed by atoms with E-state index in [1.165, 1.54) is 0 Å². The summed E-state index contributed by atoms with van der Waals surface area (Å²) in [6.45, 7) is 7.01. The number of nitrogens with zero attached hydrogens (tertiary/aromatic N) is 1. The highest BCUT2D eigenvalue weighted by atomic mass is 19.4. The zero-order chi connectivity index (χ0) is 22.5. The molecule has 0 spiro atoms. The van der Waals surface area contributed by atoms with E-state index < -0.39 is 54.5 Å². The van der Waals surface area contributed by atoms with Crippen LogP contribution in [0.3, 0.4) is 0 Å². The molecule has 3 rings (SSSR count). The Morgan fingerprint density at radius 1 is 1.10 bits per heavy atom. The van der Waals surface area contributed by atoms with Gasteiger partial charge in [0.05, 0.1) is 17.6 Å². The molecule has 0 aromatic heterocycles. The number of benzene rings is 1. The van der Waals surface area contributed by atoms with Crippen molar-refractivity contribution in [3.63, 3.8) is 0 Å². The van der Waals surface area contributed by atoms with Gasteiger partial charge in [-0.1, -0.05) is 0 Å². The summed E-state index contributed by atoms with van der Waals surface area (Å²) in [7, 11) is -1.13. The monoisotopic (exact) mass is 433 g/mol. The SMILES string of the molecule is CC1(C)OB(c2cc(F)c(CC(=O)N3CCCCC3C(F)(F)F)cc2F)OC1(C)C. The third-order valence-electron chi connectivity index (χ3n) is 6.22. The van der Waals surface area contributed by atoms with Crippen LogP contribution < -0.4 is 5.46 Å². The lowest BCUT2D eigenvalue weighted by Crippen LogP contribution is -2.51. The molecular weight excluding hydrogens is 408 g/mol. The summed E-state index contributed by atoms with van der Waals surface area (Å²) in [5, 5.41) is 0. The van der Waals surface area contributed by atoms with Crippen LogP contribution in [-0.2, 0) is 20.5 Å². The third kappa shape index (κ3) is 4.35. The van der Waals surface area contributed by atoms with Crippen molar-refractivity contribution < 1.29 is 36.1 Å². The molecule has 10 heteroatoms. The molecule has 1 unspecified atom stereocenters. The molecule has 2 aliphatic heterocycles. The lowest BCUT2D eigenvalue weighted by atomic mass is 9.78. The van der Waals surface area contributed by atoms with Crippen LogP contribution in [0.4, 0.5) is 22.0 Å². The molecule has 1 aromatic rings. The van der Waals surface area contributed by atoms with Crippen molar-refractivity contribution in [1.29, 1.82) is 0 Å². The normalized spacial score (nSPS) is 23.7. The standard InChI is InChI=1S/C20H25BF5NO3/c1-18(2)19(3,4)30-21(29-18)13-11-14(22)12(9-15(13)23)10-17(28)27-8-6-5-7-16(27)20(24,25)26/h9,11,16H,5-8,10H2,1-4H3. The molecular formula is C20H25BF5NO3. The molecule has 0 N–H and O–H groups in total. The van der Waals surface area contributed by atoms with Crippen LogP contribution in [-0.4, -0.2) is 47.9 Å². The number of piperidine rings is 1. The Labute approximate surface area is 172 Å². The van der Waals surface area contributed by atoms with E-state index in [0.29, 0.717) is 12.8 Å². The van der Waals surface area contributed by atoms with E-state index >= 15 is 0 Å². The molecule has 2 aliphatic rings. The summed E-state index contributed by atoms with van der Waals surface area (Å²) in [4.78, 5) is 13.2. The topological polar surface area (TPSA) is 38.8 Å². The summed E-state index contributed by atoms with van der Waals surface area (Å²) in [6.07, 6.45) is -4.60. The summed E-state index contributed by atoms with van der Waals surface area (Å²) in [6, 6.07) is -0.173. The van der Waals surface area contributed by atoms with Gasteiger partial charge in [0, 0.05) is 12.0 Å². The minimum atomic E-state index is -4.56. The van der Waals surface area contributed by atoms with E-state index in [2.05, 4.69) is 0 Å². The first-order valence-corrected chi connectivity index (χ1v) is 9.92. The molecule has 4 nitrogen and oxygen atoms in total. The van der Waals surface area contributed by atoms with Gasteiger partial charge >= 0.3 is 13.3 Å². The first-order valence-electron chi connectivity index (χ1n) is 9.92. The number of carbonyl (C=O) groups excluding carboxylic acids is 1. The first kappa shape index (κ1) is 23.0. The zero-order valence-corrected chi connectivity index (χ0v) is 17.4. The first-order chi connectivity index (χ1) is 13.7. The van der Waals surface area contributed by atoms with Crippen molar-refractivity contribution in [2.24, 2.45) is 0 Å². The van der Waals surface area contributed by atoms with Crippen molar-refractivity contribution in [2.75, 3.05) is 6.54 Å². The third-order valence-corrected chi connectivity index (χ3v) is 6.22. The van der Waals surface area contributed by atoms with Gasteiger partial charge in [-0.2, -0.15) is 13.2 Å². The number of hydrogen-bond acceptors (Lipinski definition) is 3. The maximum absolute atomic E-state index is 14.7. The van der Waals surface area contributed by atoms with Gasteiger partial charge in [-0.15, -0.1) is 0 Å². The second kappa shape index (κ2) is 7.78. The fraction of sp³-hybridized carbons (Fsp3) is 0.650. The van der Waals surface area contributed by atoms with Gasteiger partial charge in [-0.3, -0.25) is 4.79 Å². The van der Waals surface area contributed by atoms with Crippen molar-refractivity contribution in [2.45, 2.75) is 76.8 Å². The van der Waals surface area contributed by atoms with E-state index in [1.807, 2.05) is 0 Å². The van der Waals surface area contributed by atoms with Gasteiger partial charge < -0.3 is 14.2 Å². The van der Waals surface area contributed by atoms with Gasteiger partial charge in [0.15, 0.2) is 0 Å². The number of amides is 1. The van der Waals surface area contributed by atoms with Crippen LogP contribution in [0.15, 0.2) is 12.1 Å². The molecule has 2 fully saturated rings. The van der Waals surface area contributed by atoms with E-state index in [1.54, 1.807) is 27.7 Å². The van der Waals surface area contributed by atoms with E-state index in [0.717, 1.165) is 17.0 Å². The smallest absolute Gasteiger partial charge is 0.399 e. The van der Waals surface area contributed by atoms with E-state index in [9.17, 15) is 26.7 Å². The molecule has 1 atom stereocenters. The Morgan fingerprint density at radius 3 is 2.27 bits per heavy atom. The van der Waals surface area contributed by atoms with Gasteiger partial charge in [-0.05, 0) is 64.7 Å². The molecule has 0 saturated carbocycles. The van der Waals surface area contributed by atoms with Crippen LogP contribution in [0.25, 0.3) is 0 Å². The van der Waals surface area contributed by atoms with Crippen LogP contribution in [0.1, 0.15) is 52.5 Å². The van der Waals surface area contributed by atoms with Crippen LogP contribution in [0.2, 0.25) is 0 Å². The molecule has 0 aliphatic carbocycles. The maximum atomic E-state index is 14.7. The maximum Gasteiger partial charge on any atom is 0.497 e. The Morgan fingerprint density at radius 2 is 1.70 bits per heavy atom. The lowest BCUT2D eigenvalue weighted by molar-refractivity contribution is -0.195. The molecule has 0 radical (unpaired) electrons. The number of carbonyl (C=O) groups is 1. The summed E-state index contributed by atoms with van der Waals surface area (Å²) < 4.78 is 80.5. The largest absolute Gasteiger partial charge is 0.497 e. The molecule has 0 bridgehead atoms. The Balaban J connectivity index is 1.80. The number of rotatable bonds is 3. The molecule has 2 heterocycles. The summed E-state index contributed by atoms with van der Waals surface area (Å²) in [5.41, 5.74) is -1.97. The second-order valence-electron chi connectivity index (χ2n) is 8.87. The number of halogens is 5. The molecule has 1 aromatic carbocycles. The Bertz CT molecular complexity index is 811. The summed E-state index contributed by atoms with van der Waals surface area (Å²) >= 11 is 0. The fourth-order valence-electron chi connectivity index (χ4n) is 3.72. The van der Waals surface area contributed by atoms with Crippen LogP contribution in [0, 0.1) is 11.6 Å².